The highest BCUT2D eigenvalue weighted by atomic mass is 32.2. The van der Waals surface area contributed by atoms with Crippen LogP contribution in [0, 0.1) is 5.92 Å². The molecule has 1 amide bonds. The molecule has 3 rings (SSSR count). The van der Waals surface area contributed by atoms with Gasteiger partial charge in [-0.05, 0) is 30.0 Å². The summed E-state index contributed by atoms with van der Waals surface area (Å²) in [6, 6.07) is 20.0. The first-order chi connectivity index (χ1) is 13.5. The molecule has 0 aliphatic carbocycles. The van der Waals surface area contributed by atoms with Crippen molar-refractivity contribution in [1.29, 1.82) is 0 Å². The molecule has 0 aromatic heterocycles. The molecule has 146 valence electrons. The van der Waals surface area contributed by atoms with Gasteiger partial charge < -0.3 is 5.11 Å². The second-order valence-electron chi connectivity index (χ2n) is 7.16. The summed E-state index contributed by atoms with van der Waals surface area (Å²) in [5.41, 5.74) is 2.96. The second kappa shape index (κ2) is 9.50. The van der Waals surface area contributed by atoms with Crippen LogP contribution >= 0.6 is 24.0 Å². The Hall–Kier alpha value is -1.95. The van der Waals surface area contributed by atoms with E-state index >= 15 is 0 Å². The Balaban J connectivity index is 1.73. The Morgan fingerprint density at radius 3 is 2.46 bits per heavy atom. The number of benzene rings is 2. The van der Waals surface area contributed by atoms with Gasteiger partial charge in [-0.25, -0.2) is 0 Å². The van der Waals surface area contributed by atoms with E-state index < -0.39 is 12.0 Å². The molecule has 0 saturated carbocycles. The molecule has 1 aliphatic heterocycles. The van der Waals surface area contributed by atoms with E-state index in [1.807, 2.05) is 61.5 Å². The molecular formula is C23H25NO2S2. The van der Waals surface area contributed by atoms with E-state index in [2.05, 4.69) is 12.1 Å². The number of carbonyl (C=O) groups excluding carboxylic acids is 1. The van der Waals surface area contributed by atoms with Crippen LogP contribution in [-0.2, 0) is 11.2 Å². The zero-order valence-electron chi connectivity index (χ0n) is 16.1. The summed E-state index contributed by atoms with van der Waals surface area (Å²) in [6.07, 6.45) is 1.84. The van der Waals surface area contributed by atoms with E-state index in [-0.39, 0.29) is 11.9 Å². The van der Waals surface area contributed by atoms with Gasteiger partial charge in [-0.3, -0.25) is 9.69 Å². The van der Waals surface area contributed by atoms with Crippen molar-refractivity contribution in [2.75, 3.05) is 5.75 Å². The third-order valence-electron chi connectivity index (χ3n) is 5.04. The number of thiocarbonyl (C=S) groups is 1. The van der Waals surface area contributed by atoms with Gasteiger partial charge in [0.1, 0.15) is 4.32 Å². The molecule has 0 bridgehead atoms. The zero-order chi connectivity index (χ0) is 20.1. The maximum absolute atomic E-state index is 13.2. The Morgan fingerprint density at radius 1 is 1.21 bits per heavy atom. The maximum Gasteiger partial charge on any atom is 0.234 e. The van der Waals surface area contributed by atoms with E-state index in [0.717, 1.165) is 23.3 Å². The van der Waals surface area contributed by atoms with Crippen molar-refractivity contribution in [3.05, 3.63) is 77.4 Å². The van der Waals surface area contributed by atoms with Gasteiger partial charge in [-0.2, -0.15) is 0 Å². The molecule has 0 radical (unpaired) electrons. The number of hydrogen-bond donors (Lipinski definition) is 1. The van der Waals surface area contributed by atoms with Crippen molar-refractivity contribution >= 4 is 40.3 Å². The quantitative estimate of drug-likeness (QED) is 0.708. The van der Waals surface area contributed by atoms with E-state index in [1.54, 1.807) is 23.6 Å². The van der Waals surface area contributed by atoms with Crippen molar-refractivity contribution in [1.82, 2.24) is 4.90 Å². The van der Waals surface area contributed by atoms with Gasteiger partial charge in [0.2, 0.25) is 5.91 Å². The monoisotopic (exact) mass is 411 g/mol. The third kappa shape index (κ3) is 4.90. The van der Waals surface area contributed by atoms with Gasteiger partial charge in [0, 0.05) is 5.75 Å². The van der Waals surface area contributed by atoms with Crippen LogP contribution in [0.15, 0.2) is 66.2 Å². The molecule has 2 aromatic rings. The summed E-state index contributed by atoms with van der Waals surface area (Å²) in [4.78, 5) is 14.9. The van der Waals surface area contributed by atoms with Gasteiger partial charge in [0.05, 0.1) is 18.1 Å². The van der Waals surface area contributed by atoms with Gasteiger partial charge in [0.25, 0.3) is 0 Å². The minimum atomic E-state index is -0.849. The number of rotatable bonds is 6. The average Bonchev–Trinajstić information content (AvgIpc) is 3.07. The predicted octanol–water partition coefficient (Wildman–Crippen LogP) is 4.56. The van der Waals surface area contributed by atoms with E-state index in [1.165, 1.54) is 5.56 Å². The molecule has 3 atom stereocenters. The van der Waals surface area contributed by atoms with Gasteiger partial charge in [0.15, 0.2) is 0 Å². The lowest BCUT2D eigenvalue weighted by Gasteiger charge is -2.29. The number of thioether (sulfide) groups is 1. The topological polar surface area (TPSA) is 40.5 Å². The second-order valence-corrected chi connectivity index (χ2v) is 8.82. The number of hydrogen-bond acceptors (Lipinski definition) is 4. The number of aliphatic hydroxyl groups excluding tert-OH is 1. The summed E-state index contributed by atoms with van der Waals surface area (Å²) in [6.45, 7) is 3.64. The fourth-order valence-corrected chi connectivity index (χ4v) is 4.84. The Labute approximate surface area is 176 Å². The minimum absolute atomic E-state index is 0.0282. The smallest absolute Gasteiger partial charge is 0.234 e. The summed E-state index contributed by atoms with van der Waals surface area (Å²) in [7, 11) is 0. The van der Waals surface area contributed by atoms with Crippen molar-refractivity contribution in [3.63, 3.8) is 0 Å². The highest BCUT2D eigenvalue weighted by Crippen LogP contribution is 2.30. The molecule has 3 nitrogen and oxygen atoms in total. The van der Waals surface area contributed by atoms with Crippen molar-refractivity contribution in [2.45, 2.75) is 32.4 Å². The van der Waals surface area contributed by atoms with E-state index in [4.69, 9.17) is 12.2 Å². The van der Waals surface area contributed by atoms with Crippen LogP contribution in [-0.4, -0.2) is 38.1 Å². The minimum Gasteiger partial charge on any atom is -0.388 e. The maximum atomic E-state index is 13.2. The van der Waals surface area contributed by atoms with E-state index in [9.17, 15) is 9.90 Å². The van der Waals surface area contributed by atoms with E-state index in [0.29, 0.717) is 4.32 Å². The molecule has 2 aromatic carbocycles. The third-order valence-corrected chi connectivity index (χ3v) is 6.58. The lowest BCUT2D eigenvalue weighted by atomic mass is 9.94. The summed E-state index contributed by atoms with van der Waals surface area (Å²) in [5.74, 6) is 0.125. The molecule has 28 heavy (non-hydrogen) atoms. The Bertz CT molecular complexity index is 851. The van der Waals surface area contributed by atoms with Crippen LogP contribution < -0.4 is 0 Å². The van der Waals surface area contributed by atoms with Crippen LogP contribution in [0.1, 0.15) is 25.0 Å². The fourth-order valence-electron chi connectivity index (χ4n) is 3.41. The van der Waals surface area contributed by atoms with Gasteiger partial charge in [-0.1, -0.05) is 97.6 Å². The van der Waals surface area contributed by atoms with Crippen LogP contribution in [0.3, 0.4) is 0 Å². The molecule has 1 saturated heterocycles. The molecule has 1 N–H and O–H groups in total. The highest BCUT2D eigenvalue weighted by Gasteiger charge is 2.38. The van der Waals surface area contributed by atoms with Crippen molar-refractivity contribution in [2.24, 2.45) is 5.92 Å². The molecule has 0 unspecified atom stereocenters. The standard InChI is InChI=1S/C23H25NO2S2/c1-16(13-18-9-5-3-6-10-18)21(25)17(2)22(26)24-20(15-28-23(24)27)14-19-11-7-4-8-12-19/h3-13,17,20-21,25H,14-15H2,1-2H3/b16-13+/t17-,20-,21+/m0/s1. The van der Waals surface area contributed by atoms with Gasteiger partial charge in [-0.15, -0.1) is 0 Å². The van der Waals surface area contributed by atoms with Gasteiger partial charge >= 0.3 is 0 Å². The SMILES string of the molecule is C/C(=C\c1ccccc1)[C@@H](O)[C@H](C)C(=O)N1C(=S)SC[C@@H]1Cc1ccccc1. The molecule has 1 aliphatic rings. The molecular weight excluding hydrogens is 386 g/mol. The van der Waals surface area contributed by atoms with Crippen molar-refractivity contribution < 1.29 is 9.90 Å². The highest BCUT2D eigenvalue weighted by molar-refractivity contribution is 8.23. The lowest BCUT2D eigenvalue weighted by molar-refractivity contribution is -0.134. The Morgan fingerprint density at radius 2 is 1.82 bits per heavy atom. The van der Waals surface area contributed by atoms with Crippen LogP contribution in [0.5, 0.6) is 0 Å². The number of carbonyl (C=O) groups is 1. The number of amides is 1. The summed E-state index contributed by atoms with van der Waals surface area (Å²) < 4.78 is 0.606. The van der Waals surface area contributed by atoms with Crippen LogP contribution in [0.2, 0.25) is 0 Å². The predicted molar refractivity (Wildman–Crippen MR) is 121 cm³/mol. The zero-order valence-corrected chi connectivity index (χ0v) is 17.7. The normalized spacial score (nSPS) is 19.5. The van der Waals surface area contributed by atoms with Crippen LogP contribution in [0.25, 0.3) is 6.08 Å². The number of nitrogens with zero attached hydrogens (tertiary/aromatic N) is 1. The molecule has 1 fully saturated rings. The Kier molecular flexibility index (Phi) is 7.05. The molecule has 1 heterocycles. The first-order valence-corrected chi connectivity index (χ1v) is 10.8. The first-order valence-electron chi connectivity index (χ1n) is 9.42. The van der Waals surface area contributed by atoms with Crippen molar-refractivity contribution in [3.8, 4) is 0 Å². The largest absolute Gasteiger partial charge is 0.388 e. The molecule has 0 spiro atoms. The lowest BCUT2D eigenvalue weighted by Crippen LogP contribution is -2.45. The number of aliphatic hydroxyl groups is 1. The van der Waals surface area contributed by atoms with Crippen LogP contribution in [0.4, 0.5) is 0 Å². The molecule has 5 heteroatoms. The summed E-state index contributed by atoms with van der Waals surface area (Å²) >= 11 is 7.00. The fraction of sp³-hybridized carbons (Fsp3) is 0.304. The first kappa shape index (κ1) is 20.8. The summed E-state index contributed by atoms with van der Waals surface area (Å²) in [5, 5.41) is 10.8. The average molecular weight is 412 g/mol.